The van der Waals surface area contributed by atoms with Gasteiger partial charge in [0, 0.05) is 6.42 Å². The van der Waals surface area contributed by atoms with Crippen LogP contribution >= 0.6 is 12.6 Å². The van der Waals surface area contributed by atoms with Crippen molar-refractivity contribution in [2.45, 2.75) is 26.4 Å². The first-order valence-electron chi connectivity index (χ1n) is 3.42. The standard InChI is InChI=1S/C7H12O3S/c1-5(2)10-7(9)6(8)3-4-11/h5,11H,3-4H2,1-2H3. The zero-order valence-electron chi connectivity index (χ0n) is 6.66. The molecule has 0 heterocycles. The van der Waals surface area contributed by atoms with Gasteiger partial charge in [-0.05, 0) is 19.6 Å². The van der Waals surface area contributed by atoms with Gasteiger partial charge in [0.2, 0.25) is 5.78 Å². The Kier molecular flexibility index (Phi) is 4.94. The molecule has 0 saturated heterocycles. The van der Waals surface area contributed by atoms with Gasteiger partial charge in [-0.2, -0.15) is 12.6 Å². The summed E-state index contributed by atoms with van der Waals surface area (Å²) in [5.74, 6) is -0.880. The number of ether oxygens (including phenoxy) is 1. The van der Waals surface area contributed by atoms with Gasteiger partial charge in [-0.1, -0.05) is 0 Å². The number of carbonyl (C=O) groups is 2. The topological polar surface area (TPSA) is 43.4 Å². The lowest BCUT2D eigenvalue weighted by molar-refractivity contribution is -0.156. The Morgan fingerprint density at radius 2 is 2.00 bits per heavy atom. The monoisotopic (exact) mass is 176 g/mol. The van der Waals surface area contributed by atoms with Gasteiger partial charge in [0.15, 0.2) is 0 Å². The number of Topliss-reactive ketones (excluding diaryl/α,β-unsaturated/α-hetero) is 1. The summed E-state index contributed by atoms with van der Waals surface area (Å²) in [6.07, 6.45) is -0.0827. The Balaban J connectivity index is 3.74. The van der Waals surface area contributed by atoms with Crippen LogP contribution in [0.5, 0.6) is 0 Å². The lowest BCUT2D eigenvalue weighted by atomic mass is 10.3. The molecule has 0 aliphatic carbocycles. The average Bonchev–Trinajstić information content (AvgIpc) is 1.86. The van der Waals surface area contributed by atoms with Crippen molar-refractivity contribution in [1.82, 2.24) is 0 Å². The van der Waals surface area contributed by atoms with E-state index in [1.54, 1.807) is 13.8 Å². The van der Waals surface area contributed by atoms with Gasteiger partial charge in [-0.25, -0.2) is 4.79 Å². The van der Waals surface area contributed by atoms with E-state index in [2.05, 4.69) is 17.4 Å². The van der Waals surface area contributed by atoms with E-state index in [1.165, 1.54) is 0 Å². The van der Waals surface area contributed by atoms with Crippen LogP contribution in [0.25, 0.3) is 0 Å². The first-order valence-corrected chi connectivity index (χ1v) is 4.06. The Bertz CT molecular complexity index is 154. The molecule has 3 nitrogen and oxygen atoms in total. The zero-order valence-corrected chi connectivity index (χ0v) is 7.56. The lowest BCUT2D eigenvalue weighted by Gasteiger charge is -2.05. The van der Waals surface area contributed by atoms with Crippen molar-refractivity contribution < 1.29 is 14.3 Å². The third kappa shape index (κ3) is 4.84. The van der Waals surface area contributed by atoms with Gasteiger partial charge < -0.3 is 4.74 Å². The second-order valence-corrected chi connectivity index (χ2v) is 2.80. The molecule has 0 fully saturated rings. The number of thiol groups is 1. The van der Waals surface area contributed by atoms with Gasteiger partial charge >= 0.3 is 5.97 Å². The highest BCUT2D eigenvalue weighted by Gasteiger charge is 2.14. The summed E-state index contributed by atoms with van der Waals surface area (Å²) in [7, 11) is 0. The van der Waals surface area contributed by atoms with Crippen molar-refractivity contribution in [2.75, 3.05) is 5.75 Å². The van der Waals surface area contributed by atoms with E-state index in [4.69, 9.17) is 0 Å². The van der Waals surface area contributed by atoms with E-state index >= 15 is 0 Å². The molecule has 0 N–H and O–H groups in total. The number of hydrogen-bond acceptors (Lipinski definition) is 4. The second kappa shape index (κ2) is 5.18. The maximum Gasteiger partial charge on any atom is 0.374 e. The van der Waals surface area contributed by atoms with Crippen LogP contribution in [-0.2, 0) is 14.3 Å². The molecule has 0 radical (unpaired) electrons. The third-order valence-corrected chi connectivity index (χ3v) is 1.13. The molecule has 0 bridgehead atoms. The first-order chi connectivity index (χ1) is 5.07. The maximum absolute atomic E-state index is 10.8. The molecule has 4 heteroatoms. The highest BCUT2D eigenvalue weighted by atomic mass is 32.1. The van der Waals surface area contributed by atoms with E-state index in [9.17, 15) is 9.59 Å². The van der Waals surface area contributed by atoms with E-state index in [-0.39, 0.29) is 12.5 Å². The summed E-state index contributed by atoms with van der Waals surface area (Å²) >= 11 is 3.82. The van der Waals surface area contributed by atoms with Crippen LogP contribution in [0.1, 0.15) is 20.3 Å². The molecule has 0 saturated carbocycles. The van der Waals surface area contributed by atoms with Gasteiger partial charge in [-0.3, -0.25) is 4.79 Å². The van der Waals surface area contributed by atoms with Crippen LogP contribution in [0.4, 0.5) is 0 Å². The number of carbonyl (C=O) groups excluding carboxylic acids is 2. The Morgan fingerprint density at radius 3 is 2.36 bits per heavy atom. The smallest absolute Gasteiger partial charge is 0.374 e. The van der Waals surface area contributed by atoms with Crippen LogP contribution in [0.3, 0.4) is 0 Å². The number of hydrogen-bond donors (Lipinski definition) is 1. The summed E-state index contributed by atoms with van der Waals surface area (Å²) in [5, 5.41) is 0. The van der Waals surface area contributed by atoms with Crippen LogP contribution in [-0.4, -0.2) is 23.6 Å². The van der Waals surface area contributed by atoms with Gasteiger partial charge in [0.1, 0.15) is 0 Å². The number of esters is 1. The van der Waals surface area contributed by atoms with Crippen molar-refractivity contribution >= 4 is 24.4 Å². The zero-order chi connectivity index (χ0) is 8.85. The quantitative estimate of drug-likeness (QED) is 0.392. The first kappa shape index (κ1) is 10.5. The van der Waals surface area contributed by atoms with E-state index in [0.29, 0.717) is 5.75 Å². The average molecular weight is 176 g/mol. The SMILES string of the molecule is CC(C)OC(=O)C(=O)CCS. The Morgan fingerprint density at radius 1 is 1.45 bits per heavy atom. The summed E-state index contributed by atoms with van der Waals surface area (Å²) < 4.78 is 4.64. The van der Waals surface area contributed by atoms with Gasteiger partial charge in [0.05, 0.1) is 6.10 Å². The highest BCUT2D eigenvalue weighted by molar-refractivity contribution is 7.80. The second-order valence-electron chi connectivity index (χ2n) is 2.35. The van der Waals surface area contributed by atoms with Crippen LogP contribution in [0.2, 0.25) is 0 Å². The minimum absolute atomic E-state index is 0.147. The summed E-state index contributed by atoms with van der Waals surface area (Å²) in [6, 6.07) is 0. The molecule has 0 unspecified atom stereocenters. The fourth-order valence-corrected chi connectivity index (χ4v) is 0.686. The summed E-state index contributed by atoms with van der Waals surface area (Å²) in [4.78, 5) is 21.5. The number of ketones is 1. The Labute approximate surface area is 71.5 Å². The van der Waals surface area contributed by atoms with E-state index in [0.717, 1.165) is 0 Å². The summed E-state index contributed by atoms with van der Waals surface area (Å²) in [5.41, 5.74) is 0. The van der Waals surface area contributed by atoms with Crippen LogP contribution in [0.15, 0.2) is 0 Å². The van der Waals surface area contributed by atoms with Crippen molar-refractivity contribution in [2.24, 2.45) is 0 Å². The minimum atomic E-state index is -0.756. The van der Waals surface area contributed by atoms with Crippen LogP contribution in [0, 0.1) is 0 Å². The van der Waals surface area contributed by atoms with E-state index in [1.807, 2.05) is 0 Å². The van der Waals surface area contributed by atoms with Crippen molar-refractivity contribution in [3.8, 4) is 0 Å². The molecule has 0 atom stereocenters. The maximum atomic E-state index is 10.8. The van der Waals surface area contributed by atoms with Crippen molar-refractivity contribution in [3.05, 3.63) is 0 Å². The van der Waals surface area contributed by atoms with Gasteiger partial charge in [-0.15, -0.1) is 0 Å². The summed E-state index contributed by atoms with van der Waals surface area (Å²) in [6.45, 7) is 3.40. The molecular formula is C7H12O3S. The Hall–Kier alpha value is -0.510. The fraction of sp³-hybridized carbons (Fsp3) is 0.714. The molecule has 0 aromatic rings. The molecule has 0 aliphatic rings. The molecule has 0 rings (SSSR count). The molecule has 0 aromatic carbocycles. The third-order valence-electron chi connectivity index (χ3n) is 0.909. The van der Waals surface area contributed by atoms with E-state index < -0.39 is 11.8 Å². The largest absolute Gasteiger partial charge is 0.457 e. The van der Waals surface area contributed by atoms with Gasteiger partial charge in [0.25, 0.3) is 0 Å². The molecular weight excluding hydrogens is 164 g/mol. The molecule has 0 amide bonds. The molecule has 0 aromatic heterocycles. The molecule has 0 aliphatic heterocycles. The molecule has 0 spiro atoms. The van der Waals surface area contributed by atoms with Crippen molar-refractivity contribution in [1.29, 1.82) is 0 Å². The minimum Gasteiger partial charge on any atom is -0.457 e. The normalized spacial score (nSPS) is 9.82. The predicted octanol–water partition coefficient (Wildman–Crippen LogP) is 0.827. The predicted molar refractivity (Wildman–Crippen MR) is 44.7 cm³/mol. The highest BCUT2D eigenvalue weighted by Crippen LogP contribution is 1.94. The van der Waals surface area contributed by atoms with Crippen LogP contribution < -0.4 is 0 Å². The lowest BCUT2D eigenvalue weighted by Crippen LogP contribution is -2.21. The van der Waals surface area contributed by atoms with Crippen molar-refractivity contribution in [3.63, 3.8) is 0 Å². The fourth-order valence-electron chi connectivity index (χ4n) is 0.483. The molecule has 64 valence electrons. The number of rotatable bonds is 4. The molecule has 11 heavy (non-hydrogen) atoms.